The highest BCUT2D eigenvalue weighted by molar-refractivity contribution is 5.61. The van der Waals surface area contributed by atoms with E-state index in [2.05, 4.69) is 42.5 Å². The van der Waals surface area contributed by atoms with Gasteiger partial charge in [-0.3, -0.25) is 10.1 Å². The van der Waals surface area contributed by atoms with Gasteiger partial charge in [0.15, 0.2) is 0 Å². The Bertz CT molecular complexity index is 823. The van der Waals surface area contributed by atoms with Crippen LogP contribution in [0.3, 0.4) is 0 Å². The van der Waals surface area contributed by atoms with Gasteiger partial charge < -0.3 is 10.2 Å². The first-order chi connectivity index (χ1) is 12.9. The standard InChI is InChI=1S/C20H24N6/c1-2-9-26(10-3-1)19-11-16(6-8-23-19)12-22-14-18-15-24-25-20(18)17-5-4-7-21-13-17/h4-8,11,13,15,22H,1-3,9-10,12,14H2,(H,24,25). The molecule has 134 valence electrons. The lowest BCUT2D eigenvalue weighted by Gasteiger charge is -2.27. The first-order valence-corrected chi connectivity index (χ1v) is 9.23. The van der Waals surface area contributed by atoms with Gasteiger partial charge in [-0.15, -0.1) is 0 Å². The van der Waals surface area contributed by atoms with Gasteiger partial charge in [0, 0.05) is 55.9 Å². The predicted octanol–water partition coefficient (Wildman–Crippen LogP) is 3.15. The maximum atomic E-state index is 4.55. The van der Waals surface area contributed by atoms with E-state index in [0.29, 0.717) is 0 Å². The molecule has 0 aromatic carbocycles. The van der Waals surface area contributed by atoms with Crippen LogP contribution in [0.25, 0.3) is 11.3 Å². The van der Waals surface area contributed by atoms with Gasteiger partial charge in [-0.25, -0.2) is 4.98 Å². The number of rotatable bonds is 6. The Morgan fingerprint density at radius 1 is 1.04 bits per heavy atom. The molecule has 3 aromatic heterocycles. The minimum Gasteiger partial charge on any atom is -0.357 e. The second kappa shape index (κ2) is 8.10. The van der Waals surface area contributed by atoms with E-state index in [1.54, 1.807) is 6.20 Å². The SMILES string of the molecule is c1cncc(-c2[nH]ncc2CNCc2ccnc(N3CCCCC3)c2)c1. The Labute approximate surface area is 153 Å². The van der Waals surface area contributed by atoms with Crippen LogP contribution in [0.1, 0.15) is 30.4 Å². The summed E-state index contributed by atoms with van der Waals surface area (Å²) in [6.07, 6.45) is 11.3. The second-order valence-corrected chi connectivity index (χ2v) is 6.69. The first-order valence-electron chi connectivity index (χ1n) is 9.23. The largest absolute Gasteiger partial charge is 0.357 e. The van der Waals surface area contributed by atoms with Crippen LogP contribution in [-0.4, -0.2) is 33.3 Å². The molecular weight excluding hydrogens is 324 g/mol. The van der Waals surface area contributed by atoms with Crippen LogP contribution < -0.4 is 10.2 Å². The molecule has 1 aliphatic heterocycles. The maximum absolute atomic E-state index is 4.55. The van der Waals surface area contributed by atoms with Gasteiger partial charge >= 0.3 is 0 Å². The minimum absolute atomic E-state index is 0.752. The fraction of sp³-hybridized carbons (Fsp3) is 0.350. The quantitative estimate of drug-likeness (QED) is 0.716. The lowest BCUT2D eigenvalue weighted by atomic mass is 10.1. The number of nitrogens with one attached hydrogen (secondary N) is 2. The monoisotopic (exact) mass is 348 g/mol. The molecule has 0 spiro atoms. The molecule has 0 bridgehead atoms. The molecule has 26 heavy (non-hydrogen) atoms. The number of pyridine rings is 2. The van der Waals surface area contributed by atoms with Gasteiger partial charge in [0.05, 0.1) is 11.9 Å². The average molecular weight is 348 g/mol. The Hall–Kier alpha value is -2.73. The van der Waals surface area contributed by atoms with E-state index in [4.69, 9.17) is 0 Å². The van der Waals surface area contributed by atoms with Gasteiger partial charge in [-0.1, -0.05) is 0 Å². The highest BCUT2D eigenvalue weighted by Crippen LogP contribution is 2.20. The fourth-order valence-electron chi connectivity index (χ4n) is 3.41. The van der Waals surface area contributed by atoms with E-state index in [1.807, 2.05) is 30.7 Å². The molecule has 0 aliphatic carbocycles. The number of hydrogen-bond donors (Lipinski definition) is 2. The van der Waals surface area contributed by atoms with Gasteiger partial charge in [-0.2, -0.15) is 5.10 Å². The van der Waals surface area contributed by atoms with E-state index < -0.39 is 0 Å². The summed E-state index contributed by atoms with van der Waals surface area (Å²) in [7, 11) is 0. The predicted molar refractivity (Wildman–Crippen MR) is 103 cm³/mol. The summed E-state index contributed by atoms with van der Waals surface area (Å²) in [5, 5.41) is 10.8. The number of aromatic amines is 1. The topological polar surface area (TPSA) is 69.7 Å². The number of aromatic nitrogens is 4. The molecule has 4 heterocycles. The normalized spacial score (nSPS) is 14.5. The van der Waals surface area contributed by atoms with Crippen molar-refractivity contribution in [1.82, 2.24) is 25.5 Å². The van der Waals surface area contributed by atoms with Crippen molar-refractivity contribution in [2.24, 2.45) is 0 Å². The molecule has 0 amide bonds. The van der Waals surface area contributed by atoms with Crippen molar-refractivity contribution in [3.05, 3.63) is 60.2 Å². The van der Waals surface area contributed by atoms with Crippen LogP contribution in [0.4, 0.5) is 5.82 Å². The highest BCUT2D eigenvalue weighted by atomic mass is 15.2. The molecule has 0 radical (unpaired) electrons. The third kappa shape index (κ3) is 3.91. The van der Waals surface area contributed by atoms with Crippen molar-refractivity contribution in [1.29, 1.82) is 0 Å². The highest BCUT2D eigenvalue weighted by Gasteiger charge is 2.12. The number of anilines is 1. The lowest BCUT2D eigenvalue weighted by molar-refractivity contribution is 0.573. The number of hydrogen-bond acceptors (Lipinski definition) is 5. The molecule has 1 aliphatic rings. The number of H-pyrrole nitrogens is 1. The zero-order valence-corrected chi connectivity index (χ0v) is 14.9. The van der Waals surface area contributed by atoms with E-state index in [0.717, 1.165) is 48.8 Å². The third-order valence-corrected chi connectivity index (χ3v) is 4.80. The van der Waals surface area contributed by atoms with Crippen LogP contribution in [0.2, 0.25) is 0 Å². The van der Waals surface area contributed by atoms with Gasteiger partial charge in [0.1, 0.15) is 5.82 Å². The number of nitrogens with zero attached hydrogens (tertiary/aromatic N) is 4. The molecule has 4 rings (SSSR count). The van der Waals surface area contributed by atoms with E-state index in [1.165, 1.54) is 24.8 Å². The summed E-state index contributed by atoms with van der Waals surface area (Å²) >= 11 is 0. The first kappa shape index (κ1) is 16.7. The second-order valence-electron chi connectivity index (χ2n) is 6.69. The van der Waals surface area contributed by atoms with E-state index in [-0.39, 0.29) is 0 Å². The zero-order valence-electron chi connectivity index (χ0n) is 14.9. The van der Waals surface area contributed by atoms with E-state index in [9.17, 15) is 0 Å². The van der Waals surface area contributed by atoms with Gasteiger partial charge in [0.25, 0.3) is 0 Å². The molecule has 6 heteroatoms. The Kier molecular flexibility index (Phi) is 5.21. The minimum atomic E-state index is 0.752. The summed E-state index contributed by atoms with van der Waals surface area (Å²) in [6, 6.07) is 8.26. The van der Waals surface area contributed by atoms with E-state index >= 15 is 0 Å². The summed E-state index contributed by atoms with van der Waals surface area (Å²) in [5.41, 5.74) is 4.47. The van der Waals surface area contributed by atoms with Crippen LogP contribution in [0, 0.1) is 0 Å². The van der Waals surface area contributed by atoms with Crippen LogP contribution in [0.15, 0.2) is 49.1 Å². The van der Waals surface area contributed by atoms with Gasteiger partial charge in [-0.05, 0) is 49.1 Å². The van der Waals surface area contributed by atoms with Crippen molar-refractivity contribution in [3.8, 4) is 11.3 Å². The summed E-state index contributed by atoms with van der Waals surface area (Å²) in [4.78, 5) is 11.1. The third-order valence-electron chi connectivity index (χ3n) is 4.80. The molecule has 6 nitrogen and oxygen atoms in total. The average Bonchev–Trinajstić information content (AvgIpc) is 3.18. The molecule has 0 unspecified atom stereocenters. The van der Waals surface area contributed by atoms with Crippen molar-refractivity contribution in [3.63, 3.8) is 0 Å². The van der Waals surface area contributed by atoms with Crippen molar-refractivity contribution >= 4 is 5.82 Å². The molecule has 1 fully saturated rings. The molecular formula is C20H24N6. The Balaban J connectivity index is 1.38. The number of piperidine rings is 1. The molecule has 0 saturated carbocycles. The Morgan fingerprint density at radius 2 is 1.96 bits per heavy atom. The summed E-state index contributed by atoms with van der Waals surface area (Å²) < 4.78 is 0. The lowest BCUT2D eigenvalue weighted by Crippen LogP contribution is -2.30. The van der Waals surface area contributed by atoms with Gasteiger partial charge in [0.2, 0.25) is 0 Å². The molecule has 1 saturated heterocycles. The van der Waals surface area contributed by atoms with Crippen molar-refractivity contribution in [2.75, 3.05) is 18.0 Å². The van der Waals surface area contributed by atoms with Crippen LogP contribution >= 0.6 is 0 Å². The molecule has 3 aromatic rings. The smallest absolute Gasteiger partial charge is 0.128 e. The van der Waals surface area contributed by atoms with Crippen molar-refractivity contribution < 1.29 is 0 Å². The zero-order chi connectivity index (χ0) is 17.6. The molecule has 0 atom stereocenters. The fourth-order valence-corrected chi connectivity index (χ4v) is 3.41. The summed E-state index contributed by atoms with van der Waals surface area (Å²) in [6.45, 7) is 3.80. The molecule has 2 N–H and O–H groups in total. The maximum Gasteiger partial charge on any atom is 0.128 e. The van der Waals surface area contributed by atoms with Crippen LogP contribution in [-0.2, 0) is 13.1 Å². The van der Waals surface area contributed by atoms with Crippen LogP contribution in [0.5, 0.6) is 0 Å². The summed E-state index contributed by atoms with van der Waals surface area (Å²) in [5.74, 6) is 1.10. The van der Waals surface area contributed by atoms with Crippen molar-refractivity contribution in [2.45, 2.75) is 32.4 Å². The Morgan fingerprint density at radius 3 is 2.81 bits per heavy atom.